The maximum atomic E-state index is 13.0. The first-order valence-electron chi connectivity index (χ1n) is 8.57. The molecule has 1 amide bonds. The minimum atomic E-state index is -0.126. The third kappa shape index (κ3) is 4.72. The van der Waals surface area contributed by atoms with Crippen molar-refractivity contribution in [2.24, 2.45) is 0 Å². The van der Waals surface area contributed by atoms with Crippen LogP contribution in [0.5, 0.6) is 11.5 Å². The summed E-state index contributed by atoms with van der Waals surface area (Å²) in [6, 6.07) is 11.4. The predicted octanol–water partition coefficient (Wildman–Crippen LogP) is 6.26. The van der Waals surface area contributed by atoms with Gasteiger partial charge in [-0.05, 0) is 84.5 Å². The maximum absolute atomic E-state index is 13.0. The van der Waals surface area contributed by atoms with Crippen molar-refractivity contribution in [3.63, 3.8) is 0 Å². The van der Waals surface area contributed by atoms with Crippen LogP contribution in [0.1, 0.15) is 19.4 Å². The van der Waals surface area contributed by atoms with Gasteiger partial charge in [0.25, 0.3) is 5.91 Å². The Kier molecular flexibility index (Phi) is 7.41. The van der Waals surface area contributed by atoms with E-state index in [1.165, 1.54) is 11.8 Å². The molecule has 0 radical (unpaired) electrons. The van der Waals surface area contributed by atoms with Crippen LogP contribution in [0.4, 0.5) is 5.69 Å². The second-order valence-corrected chi connectivity index (χ2v) is 9.44. The molecule has 0 spiro atoms. The largest absolute Gasteiger partial charge is 0.490 e. The Labute approximate surface area is 195 Å². The number of carbonyl (C=O) groups excluding carboxylic acids is 1. The highest BCUT2D eigenvalue weighted by atomic mass is 127. The lowest BCUT2D eigenvalue weighted by molar-refractivity contribution is -0.113. The molecule has 0 atom stereocenters. The highest BCUT2D eigenvalue weighted by Crippen LogP contribution is 2.39. The quantitative estimate of drug-likeness (QED) is 0.226. The van der Waals surface area contributed by atoms with Gasteiger partial charge >= 0.3 is 0 Å². The van der Waals surface area contributed by atoms with Crippen LogP contribution < -0.4 is 14.4 Å². The minimum absolute atomic E-state index is 0.126. The summed E-state index contributed by atoms with van der Waals surface area (Å²) in [6.45, 7) is 4.96. The molecule has 2 aromatic rings. The topological polar surface area (TPSA) is 38.8 Å². The molecule has 0 aliphatic carbocycles. The van der Waals surface area contributed by atoms with Gasteiger partial charge in [-0.15, -0.1) is 0 Å². The number of thiocarbonyl (C=S) groups is 1. The number of ether oxygens (including phenoxy) is 2. The first-order chi connectivity index (χ1) is 13.4. The Morgan fingerprint density at radius 3 is 2.50 bits per heavy atom. The molecule has 1 saturated heterocycles. The van der Waals surface area contributed by atoms with Crippen molar-refractivity contribution in [2.45, 2.75) is 13.8 Å². The number of anilines is 1. The summed E-state index contributed by atoms with van der Waals surface area (Å²) in [7, 11) is 0. The first-order valence-corrected chi connectivity index (χ1v) is 11.7. The highest BCUT2D eigenvalue weighted by Gasteiger charge is 2.33. The third-order valence-electron chi connectivity index (χ3n) is 3.80. The molecule has 3 rings (SSSR count). The molecule has 0 aromatic heterocycles. The zero-order valence-electron chi connectivity index (χ0n) is 15.2. The van der Waals surface area contributed by atoms with E-state index in [4.69, 9.17) is 21.7 Å². The van der Waals surface area contributed by atoms with Crippen molar-refractivity contribution in [1.29, 1.82) is 0 Å². The number of rotatable bonds is 6. The Morgan fingerprint density at radius 1 is 1.18 bits per heavy atom. The number of thioether (sulfide) groups is 1. The van der Waals surface area contributed by atoms with Crippen LogP contribution in [0.15, 0.2) is 45.8 Å². The van der Waals surface area contributed by atoms with Gasteiger partial charge in [-0.25, -0.2) is 0 Å². The molecule has 0 bridgehead atoms. The van der Waals surface area contributed by atoms with Crippen LogP contribution in [0.2, 0.25) is 0 Å². The zero-order chi connectivity index (χ0) is 20.3. The van der Waals surface area contributed by atoms with E-state index in [1.807, 2.05) is 56.3 Å². The van der Waals surface area contributed by atoms with Crippen LogP contribution >= 0.6 is 62.5 Å². The summed E-state index contributed by atoms with van der Waals surface area (Å²) in [5.41, 5.74) is 1.62. The van der Waals surface area contributed by atoms with E-state index < -0.39 is 0 Å². The third-order valence-corrected chi connectivity index (χ3v) is 6.43. The van der Waals surface area contributed by atoms with Crippen LogP contribution in [-0.2, 0) is 4.79 Å². The number of nitrogens with zero attached hydrogens (tertiary/aromatic N) is 1. The van der Waals surface area contributed by atoms with Gasteiger partial charge in [-0.3, -0.25) is 9.69 Å². The normalized spacial score (nSPS) is 15.4. The molecule has 2 aromatic carbocycles. The van der Waals surface area contributed by atoms with Crippen LogP contribution in [0.3, 0.4) is 0 Å². The molecule has 1 aliphatic heterocycles. The molecule has 146 valence electrons. The fourth-order valence-electron chi connectivity index (χ4n) is 2.65. The molecule has 0 saturated carbocycles. The van der Waals surface area contributed by atoms with Crippen molar-refractivity contribution in [3.8, 4) is 11.5 Å². The summed E-state index contributed by atoms with van der Waals surface area (Å²) in [5.74, 6) is 1.27. The van der Waals surface area contributed by atoms with E-state index in [1.54, 1.807) is 4.90 Å². The van der Waals surface area contributed by atoms with E-state index in [-0.39, 0.29) is 5.91 Å². The molecule has 1 heterocycles. The van der Waals surface area contributed by atoms with Gasteiger partial charge in [0.15, 0.2) is 15.8 Å². The summed E-state index contributed by atoms with van der Waals surface area (Å²) in [6.07, 6.45) is 1.85. The Hall–Kier alpha value is -1.10. The van der Waals surface area contributed by atoms with Gasteiger partial charge in [-0.1, -0.05) is 39.9 Å². The smallest absolute Gasteiger partial charge is 0.270 e. The van der Waals surface area contributed by atoms with Gasteiger partial charge in [-0.2, -0.15) is 0 Å². The van der Waals surface area contributed by atoms with Crippen molar-refractivity contribution in [1.82, 2.24) is 0 Å². The molecule has 28 heavy (non-hydrogen) atoms. The molecular formula is C20H17BrINO3S2. The van der Waals surface area contributed by atoms with Gasteiger partial charge in [0.05, 0.1) is 27.4 Å². The fraction of sp³-hybridized carbons (Fsp3) is 0.200. The number of hydrogen-bond acceptors (Lipinski definition) is 5. The Bertz CT molecular complexity index is 947. The second kappa shape index (κ2) is 9.60. The Morgan fingerprint density at radius 2 is 1.86 bits per heavy atom. The van der Waals surface area contributed by atoms with Crippen LogP contribution in [0, 0.1) is 3.57 Å². The predicted molar refractivity (Wildman–Crippen MR) is 131 cm³/mol. The lowest BCUT2D eigenvalue weighted by atomic mass is 10.1. The molecular weight excluding hydrogens is 573 g/mol. The van der Waals surface area contributed by atoms with Gasteiger partial charge in [0.1, 0.15) is 0 Å². The van der Waals surface area contributed by atoms with Crippen LogP contribution in [-0.4, -0.2) is 23.4 Å². The first kappa shape index (κ1) is 21.6. The summed E-state index contributed by atoms with van der Waals surface area (Å²) < 4.78 is 13.8. The maximum Gasteiger partial charge on any atom is 0.270 e. The van der Waals surface area contributed by atoms with E-state index >= 15 is 0 Å². The number of halogens is 2. The van der Waals surface area contributed by atoms with Gasteiger partial charge < -0.3 is 9.47 Å². The number of benzene rings is 2. The molecule has 1 aliphatic rings. The SMILES string of the molecule is CCOc1cc(/C=C2/SC(=S)N(c3ccc(Br)cc3)C2=O)cc(I)c1OCC. The van der Waals surface area contributed by atoms with E-state index in [2.05, 4.69) is 38.5 Å². The van der Waals surface area contributed by atoms with E-state index in [0.29, 0.717) is 28.2 Å². The summed E-state index contributed by atoms with van der Waals surface area (Å²) >= 11 is 12.4. The number of amides is 1. The minimum Gasteiger partial charge on any atom is -0.490 e. The van der Waals surface area contributed by atoms with Gasteiger partial charge in [0, 0.05) is 4.47 Å². The summed E-state index contributed by atoms with van der Waals surface area (Å²) in [4.78, 5) is 15.1. The van der Waals surface area contributed by atoms with Crippen LogP contribution in [0.25, 0.3) is 6.08 Å². The van der Waals surface area contributed by atoms with E-state index in [0.717, 1.165) is 25.0 Å². The molecule has 0 N–H and O–H groups in total. The number of carbonyl (C=O) groups is 1. The van der Waals surface area contributed by atoms with Crippen molar-refractivity contribution in [3.05, 3.63) is 54.9 Å². The molecule has 0 unspecified atom stereocenters. The number of hydrogen-bond donors (Lipinski definition) is 0. The summed E-state index contributed by atoms with van der Waals surface area (Å²) in [5, 5.41) is 0. The standard InChI is InChI=1S/C20H17BrINO3S2/c1-3-25-16-10-12(9-15(22)18(16)26-4-2)11-17-19(24)23(20(27)28-17)14-7-5-13(21)6-8-14/h5-11H,3-4H2,1-2H3/b17-11+. The van der Waals surface area contributed by atoms with Crippen molar-refractivity contribution in [2.75, 3.05) is 18.1 Å². The lowest BCUT2D eigenvalue weighted by Gasteiger charge is -2.14. The second-order valence-electron chi connectivity index (χ2n) is 5.69. The van der Waals surface area contributed by atoms with E-state index in [9.17, 15) is 4.79 Å². The average molecular weight is 590 g/mol. The molecule has 8 heteroatoms. The Balaban J connectivity index is 1.94. The van der Waals surface area contributed by atoms with Gasteiger partial charge in [0.2, 0.25) is 0 Å². The molecule has 1 fully saturated rings. The van der Waals surface area contributed by atoms with Crippen molar-refractivity contribution >= 4 is 84.5 Å². The average Bonchev–Trinajstić information content (AvgIpc) is 2.93. The fourth-order valence-corrected chi connectivity index (χ4v) is 4.99. The lowest BCUT2D eigenvalue weighted by Crippen LogP contribution is -2.27. The van der Waals surface area contributed by atoms with Crippen molar-refractivity contribution < 1.29 is 14.3 Å². The monoisotopic (exact) mass is 589 g/mol. The zero-order valence-corrected chi connectivity index (χ0v) is 20.6. The molecule has 4 nitrogen and oxygen atoms in total. The highest BCUT2D eigenvalue weighted by molar-refractivity contribution is 14.1.